The first-order valence-corrected chi connectivity index (χ1v) is 12.7. The predicted molar refractivity (Wildman–Crippen MR) is 144 cm³/mol. The summed E-state index contributed by atoms with van der Waals surface area (Å²) >= 11 is 0. The summed E-state index contributed by atoms with van der Waals surface area (Å²) in [5.41, 5.74) is 15.2. The lowest BCUT2D eigenvalue weighted by atomic mass is 9.96. The minimum atomic E-state index is -0.306. The van der Waals surface area contributed by atoms with Crippen molar-refractivity contribution in [2.24, 2.45) is 22.4 Å². The highest BCUT2D eigenvalue weighted by Crippen LogP contribution is 2.29. The topological polar surface area (TPSA) is 139 Å². The minimum Gasteiger partial charge on any atom is -0.450 e. The van der Waals surface area contributed by atoms with Gasteiger partial charge in [0.25, 0.3) is 5.91 Å². The SMILES string of the molecule is CCOC(=O)N1CC=C(c2cccnc2N=C(N)Nc2ccc(C(=O)N3CCC(CN)CC3)cc2)CC1. The van der Waals surface area contributed by atoms with Crippen LogP contribution in [0.3, 0.4) is 0 Å². The summed E-state index contributed by atoms with van der Waals surface area (Å²) in [6, 6.07) is 11.0. The van der Waals surface area contributed by atoms with Gasteiger partial charge in [0.05, 0.1) is 6.61 Å². The van der Waals surface area contributed by atoms with E-state index in [0.717, 1.165) is 42.8 Å². The van der Waals surface area contributed by atoms with Crippen LogP contribution in [0.15, 0.2) is 53.7 Å². The van der Waals surface area contributed by atoms with Crippen LogP contribution in [0.25, 0.3) is 5.57 Å². The minimum absolute atomic E-state index is 0.0315. The summed E-state index contributed by atoms with van der Waals surface area (Å²) in [5.74, 6) is 1.22. The number of pyridine rings is 1. The normalized spacial score (nSPS) is 16.8. The fourth-order valence-electron chi connectivity index (χ4n) is 4.57. The van der Waals surface area contributed by atoms with E-state index in [9.17, 15) is 9.59 Å². The number of guanidine groups is 1. The number of aliphatic imine (C=N–C) groups is 1. The molecule has 0 unspecified atom stereocenters. The molecule has 3 heterocycles. The second-order valence-electron chi connectivity index (χ2n) is 9.17. The Bertz CT molecular complexity index is 1150. The lowest BCUT2D eigenvalue weighted by molar-refractivity contribution is 0.0693. The zero-order valence-electron chi connectivity index (χ0n) is 21.2. The predicted octanol–water partition coefficient (Wildman–Crippen LogP) is 3.20. The number of aromatic nitrogens is 1. The monoisotopic (exact) mass is 505 g/mol. The van der Waals surface area contributed by atoms with Crippen molar-refractivity contribution in [3.63, 3.8) is 0 Å². The lowest BCUT2D eigenvalue weighted by Gasteiger charge is -2.31. The Balaban J connectivity index is 1.40. The molecular weight excluding hydrogens is 470 g/mol. The molecule has 0 aliphatic carbocycles. The van der Waals surface area contributed by atoms with Crippen LogP contribution < -0.4 is 16.8 Å². The molecule has 196 valence electrons. The molecule has 10 heteroatoms. The molecule has 2 aromatic rings. The van der Waals surface area contributed by atoms with Gasteiger partial charge in [0.1, 0.15) is 0 Å². The molecule has 2 aliphatic heterocycles. The molecule has 0 radical (unpaired) electrons. The van der Waals surface area contributed by atoms with Crippen LogP contribution in [0.2, 0.25) is 0 Å². The Hall–Kier alpha value is -3.92. The Morgan fingerprint density at radius 1 is 1.14 bits per heavy atom. The zero-order valence-corrected chi connectivity index (χ0v) is 21.2. The highest BCUT2D eigenvalue weighted by molar-refractivity contribution is 5.97. The summed E-state index contributed by atoms with van der Waals surface area (Å²) in [5, 5.41) is 3.08. The van der Waals surface area contributed by atoms with E-state index in [4.69, 9.17) is 16.2 Å². The maximum absolute atomic E-state index is 12.8. The van der Waals surface area contributed by atoms with Gasteiger partial charge in [0.2, 0.25) is 0 Å². The number of nitrogens with two attached hydrogens (primary N) is 2. The number of anilines is 1. The van der Waals surface area contributed by atoms with Crippen molar-refractivity contribution >= 4 is 35.0 Å². The van der Waals surface area contributed by atoms with E-state index in [2.05, 4.69) is 15.3 Å². The Kier molecular flexibility index (Phi) is 8.73. The number of nitrogens with one attached hydrogen (secondary N) is 1. The summed E-state index contributed by atoms with van der Waals surface area (Å²) in [6.07, 6.45) is 5.92. The summed E-state index contributed by atoms with van der Waals surface area (Å²) in [6.45, 7) is 5.34. The van der Waals surface area contributed by atoms with Gasteiger partial charge in [-0.1, -0.05) is 6.08 Å². The maximum atomic E-state index is 12.8. The van der Waals surface area contributed by atoms with Crippen molar-refractivity contribution in [1.82, 2.24) is 14.8 Å². The molecule has 0 atom stereocenters. The third-order valence-corrected chi connectivity index (χ3v) is 6.73. The summed E-state index contributed by atoms with van der Waals surface area (Å²) in [7, 11) is 0. The molecule has 4 rings (SSSR count). The lowest BCUT2D eigenvalue weighted by Crippen LogP contribution is -2.40. The Labute approximate surface area is 217 Å². The molecular formula is C27H35N7O3. The molecule has 2 amide bonds. The summed E-state index contributed by atoms with van der Waals surface area (Å²) in [4.78, 5) is 37.3. The van der Waals surface area contributed by atoms with E-state index in [0.29, 0.717) is 50.0 Å². The van der Waals surface area contributed by atoms with Crippen molar-refractivity contribution in [3.8, 4) is 0 Å². The number of amides is 2. The quantitative estimate of drug-likeness (QED) is 0.405. The van der Waals surface area contributed by atoms with Crippen molar-refractivity contribution in [2.75, 3.05) is 44.6 Å². The molecule has 10 nitrogen and oxygen atoms in total. The summed E-state index contributed by atoms with van der Waals surface area (Å²) < 4.78 is 5.09. The van der Waals surface area contributed by atoms with E-state index in [-0.39, 0.29) is 18.0 Å². The van der Waals surface area contributed by atoms with Crippen LogP contribution in [0.1, 0.15) is 42.1 Å². The first-order chi connectivity index (χ1) is 18.0. The third-order valence-electron chi connectivity index (χ3n) is 6.73. The molecule has 0 spiro atoms. The van der Waals surface area contributed by atoms with Crippen molar-refractivity contribution < 1.29 is 14.3 Å². The molecule has 1 aromatic heterocycles. The fourth-order valence-corrected chi connectivity index (χ4v) is 4.57. The van der Waals surface area contributed by atoms with Crippen LogP contribution in [0, 0.1) is 5.92 Å². The standard InChI is InChI=1S/C27H35N7O3/c1-2-37-27(36)34-16-11-20(12-17-34)23-4-3-13-30-24(23)32-26(29)31-22-7-5-21(6-8-22)25(35)33-14-9-19(18-28)10-15-33/h3-8,11,13,19H,2,9-10,12,14-18,28H2,1H3,(H3,29,30,31,32). The number of likely N-dealkylation sites (tertiary alicyclic amines) is 1. The maximum Gasteiger partial charge on any atom is 0.410 e. The van der Waals surface area contributed by atoms with Crippen molar-refractivity contribution in [1.29, 1.82) is 0 Å². The highest BCUT2D eigenvalue weighted by Gasteiger charge is 2.23. The van der Waals surface area contributed by atoms with Crippen LogP contribution >= 0.6 is 0 Å². The van der Waals surface area contributed by atoms with E-state index in [1.165, 1.54) is 0 Å². The van der Waals surface area contributed by atoms with Gasteiger partial charge in [0.15, 0.2) is 11.8 Å². The number of carbonyl (C=O) groups excluding carboxylic acids is 2. The second kappa shape index (κ2) is 12.4. The van der Waals surface area contributed by atoms with Gasteiger partial charge in [-0.05, 0) is 80.6 Å². The van der Waals surface area contributed by atoms with Crippen molar-refractivity contribution in [3.05, 3.63) is 59.8 Å². The van der Waals surface area contributed by atoms with Gasteiger partial charge in [-0.15, -0.1) is 0 Å². The van der Waals surface area contributed by atoms with E-state index in [1.807, 2.05) is 35.2 Å². The molecule has 37 heavy (non-hydrogen) atoms. The first kappa shape index (κ1) is 26.2. The van der Waals surface area contributed by atoms with E-state index < -0.39 is 0 Å². The molecule has 1 saturated heterocycles. The number of hydrogen-bond donors (Lipinski definition) is 3. The van der Waals surface area contributed by atoms with Crippen LogP contribution in [0.4, 0.5) is 16.3 Å². The van der Waals surface area contributed by atoms with Crippen molar-refractivity contribution in [2.45, 2.75) is 26.2 Å². The molecule has 0 bridgehead atoms. The first-order valence-electron chi connectivity index (χ1n) is 12.7. The average Bonchev–Trinajstić information content (AvgIpc) is 2.93. The number of nitrogens with zero attached hydrogens (tertiary/aromatic N) is 4. The van der Waals surface area contributed by atoms with Gasteiger partial charge in [0, 0.05) is 49.2 Å². The van der Waals surface area contributed by atoms with Gasteiger partial charge in [-0.2, -0.15) is 4.99 Å². The molecule has 5 N–H and O–H groups in total. The van der Waals surface area contributed by atoms with Gasteiger partial charge in [-0.3, -0.25) is 4.79 Å². The number of carbonyl (C=O) groups is 2. The van der Waals surface area contributed by atoms with Crippen LogP contribution in [-0.2, 0) is 4.74 Å². The zero-order chi connectivity index (χ0) is 26.2. The highest BCUT2D eigenvalue weighted by atomic mass is 16.6. The number of benzene rings is 1. The Morgan fingerprint density at radius 2 is 1.89 bits per heavy atom. The number of ether oxygens (including phenoxy) is 1. The van der Waals surface area contributed by atoms with Gasteiger partial charge in [-0.25, -0.2) is 9.78 Å². The van der Waals surface area contributed by atoms with Gasteiger partial charge < -0.3 is 31.3 Å². The smallest absolute Gasteiger partial charge is 0.410 e. The fraction of sp³-hybridized carbons (Fsp3) is 0.407. The third kappa shape index (κ3) is 6.65. The van der Waals surface area contributed by atoms with Crippen LogP contribution in [-0.4, -0.2) is 72.1 Å². The number of piperidine rings is 1. The van der Waals surface area contributed by atoms with Gasteiger partial charge >= 0.3 is 6.09 Å². The largest absolute Gasteiger partial charge is 0.450 e. The molecule has 1 aromatic carbocycles. The van der Waals surface area contributed by atoms with E-state index in [1.54, 1.807) is 30.2 Å². The average molecular weight is 506 g/mol. The molecule has 1 fully saturated rings. The molecule has 0 saturated carbocycles. The number of hydrogen-bond acceptors (Lipinski definition) is 6. The van der Waals surface area contributed by atoms with Crippen LogP contribution in [0.5, 0.6) is 0 Å². The second-order valence-corrected chi connectivity index (χ2v) is 9.17. The Morgan fingerprint density at radius 3 is 2.54 bits per heavy atom. The molecule has 2 aliphatic rings. The number of rotatable bonds is 6. The van der Waals surface area contributed by atoms with E-state index >= 15 is 0 Å².